The van der Waals surface area contributed by atoms with E-state index < -0.39 is 0 Å². The van der Waals surface area contributed by atoms with E-state index in [0.29, 0.717) is 27.6 Å². The topological polar surface area (TPSA) is 55.2 Å². The van der Waals surface area contributed by atoms with Gasteiger partial charge in [0.05, 0.1) is 23.2 Å². The summed E-state index contributed by atoms with van der Waals surface area (Å²) >= 11 is 7.66. The van der Waals surface area contributed by atoms with E-state index in [4.69, 9.17) is 16.6 Å². The molecule has 1 aliphatic heterocycles. The Balaban J connectivity index is 1.66. The molecule has 1 saturated heterocycles. The summed E-state index contributed by atoms with van der Waals surface area (Å²) in [6.07, 6.45) is 3.26. The molecule has 3 aromatic rings. The second-order valence-corrected chi connectivity index (χ2v) is 8.96. The molecule has 5 nitrogen and oxygen atoms in total. The monoisotopic (exact) mass is 441 g/mol. The zero-order valence-corrected chi connectivity index (χ0v) is 18.5. The van der Waals surface area contributed by atoms with E-state index in [2.05, 4.69) is 6.92 Å². The smallest absolute Gasteiger partial charge is 0.262 e. The molecule has 0 N–H and O–H groups in total. The molecule has 2 aromatic carbocycles. The van der Waals surface area contributed by atoms with E-state index >= 15 is 0 Å². The van der Waals surface area contributed by atoms with Gasteiger partial charge in [-0.1, -0.05) is 53.7 Å². The third kappa shape index (κ3) is 4.40. The van der Waals surface area contributed by atoms with E-state index in [1.807, 2.05) is 47.4 Å². The molecule has 0 aliphatic carbocycles. The van der Waals surface area contributed by atoms with Crippen LogP contribution in [-0.2, 0) is 11.3 Å². The van der Waals surface area contributed by atoms with E-state index in [0.717, 1.165) is 24.9 Å². The lowest BCUT2D eigenvalue weighted by atomic mass is 10.0. The molecule has 1 amide bonds. The van der Waals surface area contributed by atoms with Gasteiger partial charge < -0.3 is 4.90 Å². The first kappa shape index (κ1) is 20.9. The van der Waals surface area contributed by atoms with E-state index in [1.54, 1.807) is 10.6 Å². The number of rotatable bonds is 5. The van der Waals surface area contributed by atoms with Gasteiger partial charge in [-0.15, -0.1) is 0 Å². The summed E-state index contributed by atoms with van der Waals surface area (Å²) in [6, 6.07) is 15.0. The Morgan fingerprint density at radius 3 is 2.73 bits per heavy atom. The van der Waals surface area contributed by atoms with Crippen molar-refractivity contribution in [3.63, 3.8) is 0 Å². The molecule has 1 fully saturated rings. The maximum absolute atomic E-state index is 13.2. The van der Waals surface area contributed by atoms with Crippen LogP contribution >= 0.6 is 23.4 Å². The molecule has 1 unspecified atom stereocenters. The molecule has 0 spiro atoms. The minimum absolute atomic E-state index is 0.0962. The first-order chi connectivity index (χ1) is 14.5. The highest BCUT2D eigenvalue weighted by molar-refractivity contribution is 7.99. The van der Waals surface area contributed by atoms with Crippen molar-refractivity contribution in [3.05, 3.63) is 69.5 Å². The van der Waals surface area contributed by atoms with Crippen molar-refractivity contribution in [1.82, 2.24) is 14.5 Å². The zero-order chi connectivity index (χ0) is 21.1. The SMILES string of the molecule is CC1CCCCN1C(=O)CSc1nc2ccccc2c(=O)n1Cc1ccccc1Cl. The summed E-state index contributed by atoms with van der Waals surface area (Å²) in [6.45, 7) is 3.22. The van der Waals surface area contributed by atoms with Gasteiger partial charge in [0, 0.05) is 17.6 Å². The number of amides is 1. The fraction of sp³-hybridized carbons (Fsp3) is 0.348. The van der Waals surface area contributed by atoms with Crippen LogP contribution in [0.3, 0.4) is 0 Å². The average molecular weight is 442 g/mol. The van der Waals surface area contributed by atoms with Gasteiger partial charge in [0.1, 0.15) is 0 Å². The Labute approximate surface area is 185 Å². The molecule has 0 bridgehead atoms. The molecule has 7 heteroatoms. The molecule has 4 rings (SSSR count). The van der Waals surface area contributed by atoms with Crippen molar-refractivity contribution in [3.8, 4) is 0 Å². The lowest BCUT2D eigenvalue weighted by Crippen LogP contribution is -2.43. The Hall–Kier alpha value is -2.31. The van der Waals surface area contributed by atoms with Crippen molar-refractivity contribution >= 4 is 40.2 Å². The molecule has 30 heavy (non-hydrogen) atoms. The number of thioether (sulfide) groups is 1. The lowest BCUT2D eigenvalue weighted by molar-refractivity contribution is -0.131. The maximum atomic E-state index is 13.2. The standard InChI is InChI=1S/C23H24ClN3O2S/c1-16-8-6-7-13-26(16)21(28)15-30-23-25-20-12-5-3-10-18(20)22(29)27(23)14-17-9-2-4-11-19(17)24/h2-5,9-12,16H,6-8,13-15H2,1H3. The number of aromatic nitrogens is 2. The van der Waals surface area contributed by atoms with Crippen LogP contribution in [0.2, 0.25) is 5.02 Å². The summed E-state index contributed by atoms with van der Waals surface area (Å²) in [5, 5.41) is 1.70. The number of halogens is 1. The van der Waals surface area contributed by atoms with Gasteiger partial charge in [-0.3, -0.25) is 14.2 Å². The molecule has 0 radical (unpaired) electrons. The van der Waals surface area contributed by atoms with Crippen LogP contribution in [-0.4, -0.2) is 38.7 Å². The highest BCUT2D eigenvalue weighted by Crippen LogP contribution is 2.23. The highest BCUT2D eigenvalue weighted by atomic mass is 35.5. The van der Waals surface area contributed by atoms with Crippen LogP contribution in [0.4, 0.5) is 0 Å². The van der Waals surface area contributed by atoms with Crippen LogP contribution in [0.5, 0.6) is 0 Å². The molecule has 2 heterocycles. The van der Waals surface area contributed by atoms with Crippen molar-refractivity contribution in [1.29, 1.82) is 0 Å². The Morgan fingerprint density at radius 1 is 1.17 bits per heavy atom. The number of fused-ring (bicyclic) bond motifs is 1. The summed E-state index contributed by atoms with van der Waals surface area (Å²) in [5.41, 5.74) is 1.36. The zero-order valence-electron chi connectivity index (χ0n) is 16.9. The van der Waals surface area contributed by atoms with Gasteiger partial charge in [0.25, 0.3) is 5.56 Å². The van der Waals surface area contributed by atoms with Gasteiger partial charge in [-0.2, -0.15) is 0 Å². The van der Waals surface area contributed by atoms with Gasteiger partial charge in [0.15, 0.2) is 5.16 Å². The first-order valence-corrected chi connectivity index (χ1v) is 11.6. The number of likely N-dealkylation sites (tertiary alicyclic amines) is 1. The molecule has 0 saturated carbocycles. The second kappa shape index (κ2) is 9.23. The normalized spacial score (nSPS) is 16.7. The maximum Gasteiger partial charge on any atom is 0.262 e. The fourth-order valence-electron chi connectivity index (χ4n) is 3.87. The van der Waals surface area contributed by atoms with Crippen molar-refractivity contribution in [2.24, 2.45) is 0 Å². The lowest BCUT2D eigenvalue weighted by Gasteiger charge is -2.33. The van der Waals surface area contributed by atoms with Gasteiger partial charge in [-0.25, -0.2) is 4.98 Å². The minimum Gasteiger partial charge on any atom is -0.339 e. The predicted octanol–water partition coefficient (Wildman–Crippen LogP) is 4.59. The first-order valence-electron chi connectivity index (χ1n) is 10.2. The number of nitrogens with zero attached hydrogens (tertiary/aromatic N) is 3. The van der Waals surface area contributed by atoms with E-state index in [-0.39, 0.29) is 23.3 Å². The van der Waals surface area contributed by atoms with Crippen LogP contribution in [0.15, 0.2) is 58.5 Å². The van der Waals surface area contributed by atoms with Gasteiger partial charge in [-0.05, 0) is 49.9 Å². The van der Waals surface area contributed by atoms with Crippen LogP contribution in [0.25, 0.3) is 10.9 Å². The van der Waals surface area contributed by atoms with Crippen molar-refractivity contribution < 1.29 is 4.79 Å². The molecule has 1 aliphatic rings. The third-order valence-corrected chi connectivity index (χ3v) is 6.89. The molecular formula is C23H24ClN3O2S. The van der Waals surface area contributed by atoms with Crippen LogP contribution in [0.1, 0.15) is 31.7 Å². The van der Waals surface area contributed by atoms with Gasteiger partial charge in [0.2, 0.25) is 5.91 Å². The summed E-state index contributed by atoms with van der Waals surface area (Å²) in [7, 11) is 0. The Morgan fingerprint density at radius 2 is 1.93 bits per heavy atom. The number of benzene rings is 2. The predicted molar refractivity (Wildman–Crippen MR) is 122 cm³/mol. The van der Waals surface area contributed by atoms with Crippen molar-refractivity contribution in [2.45, 2.75) is 43.9 Å². The second-order valence-electron chi connectivity index (χ2n) is 7.61. The van der Waals surface area contributed by atoms with E-state index in [1.165, 1.54) is 18.2 Å². The van der Waals surface area contributed by atoms with E-state index in [9.17, 15) is 9.59 Å². The number of piperidine rings is 1. The van der Waals surface area contributed by atoms with Crippen LogP contribution < -0.4 is 5.56 Å². The minimum atomic E-state index is -0.123. The quantitative estimate of drug-likeness (QED) is 0.429. The summed E-state index contributed by atoms with van der Waals surface area (Å²) in [4.78, 5) is 32.7. The molecule has 156 valence electrons. The number of hydrogen-bond acceptors (Lipinski definition) is 4. The Bertz CT molecular complexity index is 1130. The van der Waals surface area contributed by atoms with Crippen LogP contribution in [0, 0.1) is 0 Å². The highest BCUT2D eigenvalue weighted by Gasteiger charge is 2.24. The average Bonchev–Trinajstić information content (AvgIpc) is 2.76. The summed E-state index contributed by atoms with van der Waals surface area (Å²) < 4.78 is 1.63. The van der Waals surface area contributed by atoms with Gasteiger partial charge >= 0.3 is 0 Å². The Kier molecular flexibility index (Phi) is 6.44. The van der Waals surface area contributed by atoms with Crippen molar-refractivity contribution in [2.75, 3.05) is 12.3 Å². The fourth-order valence-corrected chi connectivity index (χ4v) is 4.95. The molecular weight excluding hydrogens is 418 g/mol. The number of para-hydroxylation sites is 1. The largest absolute Gasteiger partial charge is 0.339 e. The third-order valence-electron chi connectivity index (χ3n) is 5.56. The number of hydrogen-bond donors (Lipinski definition) is 0. The summed E-state index contributed by atoms with van der Waals surface area (Å²) in [5.74, 6) is 0.358. The number of carbonyl (C=O) groups is 1. The molecule has 1 aromatic heterocycles. The molecule has 1 atom stereocenters. The number of carbonyl (C=O) groups excluding carboxylic acids is 1.